The molecule has 0 fully saturated rings. The topological polar surface area (TPSA) is 49.3 Å². The van der Waals surface area contributed by atoms with Crippen LogP contribution >= 0.6 is 11.3 Å². The Morgan fingerprint density at radius 3 is 2.50 bits per heavy atom. The van der Waals surface area contributed by atoms with E-state index in [0.29, 0.717) is 6.54 Å². The molecule has 3 nitrogen and oxygen atoms in total. The fraction of sp³-hybridized carbons (Fsp3) is 0.333. The van der Waals surface area contributed by atoms with E-state index in [2.05, 4.69) is 12.2 Å². The molecule has 20 heavy (non-hydrogen) atoms. The molecule has 0 saturated carbocycles. The summed E-state index contributed by atoms with van der Waals surface area (Å²) in [6.45, 7) is 2.57. The lowest BCUT2D eigenvalue weighted by atomic mass is 10.1. The summed E-state index contributed by atoms with van der Waals surface area (Å²) < 4.78 is 11.3. The molecule has 2 rings (SSSR count). The maximum absolute atomic E-state index is 11.3. The lowest BCUT2D eigenvalue weighted by Crippen LogP contribution is -2.24. The van der Waals surface area contributed by atoms with E-state index in [1.165, 1.54) is 0 Å². The fourth-order valence-corrected chi connectivity index (χ4v) is 3.16. The summed E-state index contributed by atoms with van der Waals surface area (Å²) in [5.74, 6) is 0. The number of hydrogen-bond acceptors (Lipinski definition) is 4. The number of hydrogen-bond donors (Lipinski definition) is 2. The van der Waals surface area contributed by atoms with Crippen LogP contribution in [0.3, 0.4) is 0 Å². The first-order chi connectivity index (χ1) is 9.58. The number of aliphatic hydroxyl groups excluding tert-OH is 1. The zero-order valence-electron chi connectivity index (χ0n) is 11.6. The van der Waals surface area contributed by atoms with Crippen molar-refractivity contribution in [3.63, 3.8) is 0 Å². The Bertz CT molecular complexity index is 552. The summed E-state index contributed by atoms with van der Waals surface area (Å²) in [6, 6.07) is 9.81. The van der Waals surface area contributed by atoms with E-state index < -0.39 is 16.9 Å². The van der Waals surface area contributed by atoms with E-state index >= 15 is 0 Å². The monoisotopic (exact) mass is 309 g/mol. The van der Waals surface area contributed by atoms with Gasteiger partial charge in [-0.2, -0.15) is 11.3 Å². The third-order valence-electron chi connectivity index (χ3n) is 3.26. The van der Waals surface area contributed by atoms with Crippen molar-refractivity contribution in [2.24, 2.45) is 0 Å². The van der Waals surface area contributed by atoms with Crippen LogP contribution in [0.1, 0.15) is 30.2 Å². The fourth-order valence-electron chi connectivity index (χ4n) is 1.94. The molecule has 3 unspecified atom stereocenters. The summed E-state index contributed by atoms with van der Waals surface area (Å²) in [4.78, 5) is 0.833. The molecule has 0 spiro atoms. The first-order valence-electron chi connectivity index (χ1n) is 6.45. The summed E-state index contributed by atoms with van der Waals surface area (Å²) in [6.07, 6.45) is 1.19. The Morgan fingerprint density at radius 1 is 1.25 bits per heavy atom. The van der Waals surface area contributed by atoms with Gasteiger partial charge in [0.2, 0.25) is 0 Å². The van der Waals surface area contributed by atoms with E-state index in [9.17, 15) is 9.32 Å². The average molecular weight is 309 g/mol. The van der Waals surface area contributed by atoms with Crippen molar-refractivity contribution in [2.45, 2.75) is 24.0 Å². The molecule has 0 radical (unpaired) electrons. The molecule has 5 heteroatoms. The van der Waals surface area contributed by atoms with Gasteiger partial charge in [0.15, 0.2) is 0 Å². The molecule has 2 N–H and O–H groups in total. The van der Waals surface area contributed by atoms with Gasteiger partial charge in [-0.3, -0.25) is 4.21 Å². The smallest absolute Gasteiger partial charge is 0.0922 e. The molecule has 0 saturated heterocycles. The number of nitrogens with one attached hydrogen (secondary N) is 1. The van der Waals surface area contributed by atoms with Crippen LogP contribution in [0.15, 0.2) is 46.0 Å². The van der Waals surface area contributed by atoms with E-state index in [1.54, 1.807) is 17.6 Å². The van der Waals surface area contributed by atoms with Gasteiger partial charge < -0.3 is 10.4 Å². The summed E-state index contributed by atoms with van der Waals surface area (Å²) in [5.41, 5.74) is 2.07. The molecule has 0 amide bonds. The van der Waals surface area contributed by atoms with Gasteiger partial charge in [0.05, 0.1) is 6.10 Å². The minimum atomic E-state index is -0.941. The summed E-state index contributed by atoms with van der Waals surface area (Å²) in [7, 11) is -0.941. The van der Waals surface area contributed by atoms with Gasteiger partial charge in [-0.25, -0.2) is 0 Å². The van der Waals surface area contributed by atoms with Crippen molar-refractivity contribution in [2.75, 3.05) is 12.8 Å². The van der Waals surface area contributed by atoms with Gasteiger partial charge >= 0.3 is 0 Å². The quantitative estimate of drug-likeness (QED) is 0.862. The van der Waals surface area contributed by atoms with Crippen molar-refractivity contribution in [3.8, 4) is 0 Å². The van der Waals surface area contributed by atoms with Crippen LogP contribution in [0.2, 0.25) is 0 Å². The molecule has 1 aromatic heterocycles. The maximum atomic E-state index is 11.3. The van der Waals surface area contributed by atoms with Gasteiger partial charge in [-0.05, 0) is 47.0 Å². The second-order valence-electron chi connectivity index (χ2n) is 4.73. The standard InChI is InChI=1S/C15H19NO2S2/c1-11(12-3-5-14(6-4-12)20(2)18)16-9-15(17)13-7-8-19-10-13/h3-8,10-11,15-17H,9H2,1-2H3. The molecule has 0 aliphatic rings. The summed E-state index contributed by atoms with van der Waals surface area (Å²) >= 11 is 1.59. The van der Waals surface area contributed by atoms with Crippen LogP contribution in [0.4, 0.5) is 0 Å². The van der Waals surface area contributed by atoms with Crippen LogP contribution in [0.25, 0.3) is 0 Å². The Labute approximate surface area is 126 Å². The first-order valence-corrected chi connectivity index (χ1v) is 8.95. The Balaban J connectivity index is 1.91. The third-order valence-corrected chi connectivity index (χ3v) is 4.89. The van der Waals surface area contributed by atoms with E-state index in [0.717, 1.165) is 16.0 Å². The second kappa shape index (κ2) is 7.13. The Morgan fingerprint density at radius 2 is 1.95 bits per heavy atom. The molecule has 1 heterocycles. The van der Waals surface area contributed by atoms with E-state index in [-0.39, 0.29) is 6.04 Å². The van der Waals surface area contributed by atoms with Crippen LogP contribution in [0.5, 0.6) is 0 Å². The number of benzene rings is 1. The maximum Gasteiger partial charge on any atom is 0.0922 e. The summed E-state index contributed by atoms with van der Waals surface area (Å²) in [5, 5.41) is 17.3. The molecule has 3 atom stereocenters. The van der Waals surface area contributed by atoms with Gasteiger partial charge in [-0.1, -0.05) is 12.1 Å². The minimum Gasteiger partial charge on any atom is -0.387 e. The highest BCUT2D eigenvalue weighted by atomic mass is 32.2. The van der Waals surface area contributed by atoms with Crippen LogP contribution in [-0.2, 0) is 10.8 Å². The lowest BCUT2D eigenvalue weighted by molar-refractivity contribution is 0.171. The van der Waals surface area contributed by atoms with Gasteiger partial charge in [-0.15, -0.1) is 0 Å². The van der Waals surface area contributed by atoms with Gasteiger partial charge in [0.25, 0.3) is 0 Å². The van der Waals surface area contributed by atoms with Crippen LogP contribution in [-0.4, -0.2) is 22.1 Å². The van der Waals surface area contributed by atoms with Crippen molar-refractivity contribution in [3.05, 3.63) is 52.2 Å². The highest BCUT2D eigenvalue weighted by Crippen LogP contribution is 2.18. The molecular formula is C15H19NO2S2. The van der Waals surface area contributed by atoms with Crippen molar-refractivity contribution < 1.29 is 9.32 Å². The number of aliphatic hydroxyl groups is 1. The predicted octanol–water partition coefficient (Wildman–Crippen LogP) is 2.87. The van der Waals surface area contributed by atoms with Gasteiger partial charge in [0.1, 0.15) is 0 Å². The molecule has 1 aromatic carbocycles. The second-order valence-corrected chi connectivity index (χ2v) is 6.89. The average Bonchev–Trinajstić information content (AvgIpc) is 2.98. The third kappa shape index (κ3) is 3.99. The van der Waals surface area contributed by atoms with Crippen molar-refractivity contribution in [1.29, 1.82) is 0 Å². The largest absolute Gasteiger partial charge is 0.387 e. The molecule has 0 aliphatic carbocycles. The zero-order chi connectivity index (χ0) is 14.5. The highest BCUT2D eigenvalue weighted by molar-refractivity contribution is 7.84. The van der Waals surface area contributed by atoms with E-state index in [4.69, 9.17) is 0 Å². The zero-order valence-corrected chi connectivity index (χ0v) is 13.2. The lowest BCUT2D eigenvalue weighted by Gasteiger charge is -2.17. The normalized spacial score (nSPS) is 15.8. The van der Waals surface area contributed by atoms with Crippen molar-refractivity contribution in [1.82, 2.24) is 5.32 Å². The molecule has 2 aromatic rings. The van der Waals surface area contributed by atoms with Gasteiger partial charge in [0, 0.05) is 34.5 Å². The predicted molar refractivity (Wildman–Crippen MR) is 84.5 cm³/mol. The van der Waals surface area contributed by atoms with Crippen LogP contribution < -0.4 is 5.32 Å². The number of thiophene rings is 1. The van der Waals surface area contributed by atoms with Crippen molar-refractivity contribution >= 4 is 22.1 Å². The molecule has 0 bridgehead atoms. The molecule has 108 valence electrons. The highest BCUT2D eigenvalue weighted by Gasteiger charge is 2.11. The van der Waals surface area contributed by atoms with E-state index in [1.807, 2.05) is 41.1 Å². The Hall–Kier alpha value is -1.01. The van der Waals surface area contributed by atoms with Crippen LogP contribution in [0, 0.1) is 0 Å². The molecule has 0 aliphatic heterocycles. The SMILES string of the molecule is CC(NCC(O)c1ccsc1)c1ccc(S(C)=O)cc1. The first kappa shape index (κ1) is 15.4. The number of rotatable bonds is 6. The minimum absolute atomic E-state index is 0.141. The molecular weight excluding hydrogens is 290 g/mol. The Kier molecular flexibility index (Phi) is 5.48.